The maximum atomic E-state index is 12.1. The molecule has 1 aliphatic rings. The molecule has 0 spiro atoms. The summed E-state index contributed by atoms with van der Waals surface area (Å²) < 4.78 is 0.995. The Morgan fingerprint density at radius 1 is 1.29 bits per heavy atom. The van der Waals surface area contributed by atoms with Gasteiger partial charge >= 0.3 is 0 Å². The predicted octanol–water partition coefficient (Wildman–Crippen LogP) is 2.34. The molecule has 2 amide bonds. The van der Waals surface area contributed by atoms with Gasteiger partial charge in [0.05, 0.1) is 6.54 Å². The topological polar surface area (TPSA) is 61.4 Å². The van der Waals surface area contributed by atoms with Crippen molar-refractivity contribution in [3.8, 4) is 0 Å². The number of rotatable bonds is 9. The summed E-state index contributed by atoms with van der Waals surface area (Å²) in [7, 11) is 1.78. The van der Waals surface area contributed by atoms with Crippen molar-refractivity contribution >= 4 is 40.2 Å². The molecule has 0 aromatic heterocycles. The quantitative estimate of drug-likeness (QED) is 0.647. The van der Waals surface area contributed by atoms with E-state index in [-0.39, 0.29) is 24.2 Å². The van der Waals surface area contributed by atoms with E-state index in [4.69, 9.17) is 0 Å². The lowest BCUT2D eigenvalue weighted by molar-refractivity contribution is -0.130. The minimum absolute atomic E-state index is 0. The predicted molar refractivity (Wildman–Crippen MR) is 101 cm³/mol. The molecule has 24 heavy (non-hydrogen) atoms. The van der Waals surface area contributed by atoms with Crippen LogP contribution in [-0.2, 0) is 16.1 Å². The van der Waals surface area contributed by atoms with Gasteiger partial charge in [-0.3, -0.25) is 9.59 Å². The van der Waals surface area contributed by atoms with E-state index in [1.165, 1.54) is 12.8 Å². The molecular formula is C17H25BrClN3O2. The van der Waals surface area contributed by atoms with Crippen molar-refractivity contribution in [1.29, 1.82) is 0 Å². The zero-order valence-corrected chi connectivity index (χ0v) is 16.3. The van der Waals surface area contributed by atoms with Crippen LogP contribution in [0.3, 0.4) is 0 Å². The molecule has 0 radical (unpaired) electrons. The number of hydrogen-bond donors (Lipinski definition) is 2. The van der Waals surface area contributed by atoms with Gasteiger partial charge in [-0.15, -0.1) is 12.4 Å². The summed E-state index contributed by atoms with van der Waals surface area (Å²) in [6.07, 6.45) is 2.86. The zero-order valence-electron chi connectivity index (χ0n) is 13.9. The highest BCUT2D eigenvalue weighted by Gasteiger charge is 2.20. The first-order chi connectivity index (χ1) is 11.1. The molecule has 1 fully saturated rings. The number of halogens is 2. The number of hydrogen-bond acceptors (Lipinski definition) is 3. The van der Waals surface area contributed by atoms with Crippen molar-refractivity contribution < 1.29 is 9.59 Å². The molecule has 1 aliphatic carbocycles. The van der Waals surface area contributed by atoms with Crippen molar-refractivity contribution in [3.05, 3.63) is 34.3 Å². The third-order valence-corrected chi connectivity index (χ3v) is 4.64. The minimum Gasteiger partial charge on any atom is -0.354 e. The Labute approximate surface area is 158 Å². The van der Waals surface area contributed by atoms with Crippen LogP contribution in [0.25, 0.3) is 0 Å². The van der Waals surface area contributed by atoms with Crippen LogP contribution in [-0.4, -0.2) is 43.4 Å². The smallest absolute Gasteiger partial charge is 0.233 e. The number of amides is 2. The van der Waals surface area contributed by atoms with E-state index < -0.39 is 0 Å². The van der Waals surface area contributed by atoms with Crippen LogP contribution in [0.2, 0.25) is 0 Å². The van der Waals surface area contributed by atoms with E-state index in [0.29, 0.717) is 26.1 Å². The lowest BCUT2D eigenvalue weighted by Crippen LogP contribution is -2.37. The zero-order chi connectivity index (χ0) is 16.7. The Bertz CT molecular complexity index is 552. The van der Waals surface area contributed by atoms with E-state index in [1.807, 2.05) is 24.3 Å². The maximum Gasteiger partial charge on any atom is 0.233 e. The van der Waals surface area contributed by atoms with Gasteiger partial charge in [0.15, 0.2) is 0 Å². The van der Waals surface area contributed by atoms with E-state index in [0.717, 1.165) is 22.5 Å². The lowest BCUT2D eigenvalue weighted by atomic mass is 10.2. The van der Waals surface area contributed by atoms with E-state index in [1.54, 1.807) is 11.9 Å². The molecule has 0 bridgehead atoms. The number of nitrogens with zero attached hydrogens (tertiary/aromatic N) is 1. The summed E-state index contributed by atoms with van der Waals surface area (Å²) in [6, 6.07) is 7.85. The second kappa shape index (κ2) is 10.7. The summed E-state index contributed by atoms with van der Waals surface area (Å²) in [5.74, 6) is 0.731. The van der Waals surface area contributed by atoms with Gasteiger partial charge in [0, 0.05) is 31.0 Å². The Morgan fingerprint density at radius 3 is 2.67 bits per heavy atom. The van der Waals surface area contributed by atoms with E-state index in [9.17, 15) is 9.59 Å². The Balaban J connectivity index is 0.00000288. The number of carbonyl (C=O) groups is 2. The Kier molecular flexibility index (Phi) is 9.33. The van der Waals surface area contributed by atoms with Crippen LogP contribution >= 0.6 is 28.3 Å². The molecule has 2 rings (SSSR count). The van der Waals surface area contributed by atoms with Gasteiger partial charge in [0.25, 0.3) is 0 Å². The molecule has 0 saturated heterocycles. The highest BCUT2D eigenvalue weighted by molar-refractivity contribution is 9.10. The Hall–Kier alpha value is -1.11. The van der Waals surface area contributed by atoms with Crippen molar-refractivity contribution in [2.24, 2.45) is 5.92 Å². The van der Waals surface area contributed by atoms with Crippen LogP contribution in [0.1, 0.15) is 24.8 Å². The van der Waals surface area contributed by atoms with Gasteiger partial charge < -0.3 is 15.5 Å². The molecular weight excluding hydrogens is 394 g/mol. The summed E-state index contributed by atoms with van der Waals surface area (Å²) in [5, 5.41) is 5.91. The van der Waals surface area contributed by atoms with Crippen LogP contribution in [0.4, 0.5) is 0 Å². The molecule has 1 aromatic carbocycles. The summed E-state index contributed by atoms with van der Waals surface area (Å²) in [4.78, 5) is 25.4. The van der Waals surface area contributed by atoms with Crippen LogP contribution in [0.5, 0.6) is 0 Å². The first kappa shape index (κ1) is 20.9. The maximum absolute atomic E-state index is 12.1. The summed E-state index contributed by atoms with van der Waals surface area (Å²) >= 11 is 3.48. The monoisotopic (exact) mass is 417 g/mol. The summed E-state index contributed by atoms with van der Waals surface area (Å²) in [5.41, 5.74) is 1.07. The normalized spacial score (nSPS) is 13.1. The van der Waals surface area contributed by atoms with Crippen molar-refractivity contribution in [2.45, 2.75) is 25.8 Å². The number of nitrogens with one attached hydrogen (secondary N) is 2. The number of carbonyl (C=O) groups excluding carboxylic acids is 2. The summed E-state index contributed by atoms with van der Waals surface area (Å²) in [6.45, 7) is 2.18. The second-order valence-electron chi connectivity index (χ2n) is 6.02. The van der Waals surface area contributed by atoms with Crippen molar-refractivity contribution in [1.82, 2.24) is 15.5 Å². The highest BCUT2D eigenvalue weighted by Crippen LogP contribution is 2.27. The molecule has 0 atom stereocenters. The molecule has 2 N–H and O–H groups in total. The fourth-order valence-electron chi connectivity index (χ4n) is 2.24. The van der Waals surface area contributed by atoms with Gasteiger partial charge in [-0.2, -0.15) is 0 Å². The molecule has 7 heteroatoms. The molecule has 0 unspecified atom stereocenters. The second-order valence-corrected chi connectivity index (χ2v) is 6.87. The van der Waals surface area contributed by atoms with Gasteiger partial charge in [-0.25, -0.2) is 0 Å². The molecule has 134 valence electrons. The fourth-order valence-corrected chi connectivity index (χ4v) is 2.65. The standard InChI is InChI=1S/C17H24BrN3O2.ClH/c1-21(12-14-4-2-3-5-15(14)18)17(23)8-9-20-16(22)11-19-10-13-6-7-13;/h2-5,13,19H,6-12H2,1H3,(H,20,22);1H. The third-order valence-electron chi connectivity index (χ3n) is 3.87. The molecule has 1 aromatic rings. The van der Waals surface area contributed by atoms with Gasteiger partial charge in [0.1, 0.15) is 0 Å². The van der Waals surface area contributed by atoms with Crippen LogP contribution in [0.15, 0.2) is 28.7 Å². The molecule has 5 nitrogen and oxygen atoms in total. The molecule has 1 saturated carbocycles. The van der Waals surface area contributed by atoms with Crippen LogP contribution < -0.4 is 10.6 Å². The fraction of sp³-hybridized carbons (Fsp3) is 0.529. The lowest BCUT2D eigenvalue weighted by Gasteiger charge is -2.18. The van der Waals surface area contributed by atoms with Gasteiger partial charge in [-0.05, 0) is 36.9 Å². The van der Waals surface area contributed by atoms with Crippen molar-refractivity contribution in [3.63, 3.8) is 0 Å². The SMILES string of the molecule is CN(Cc1ccccc1Br)C(=O)CCNC(=O)CNCC1CC1.Cl. The number of benzene rings is 1. The van der Waals surface area contributed by atoms with Gasteiger partial charge in [-0.1, -0.05) is 34.1 Å². The third kappa shape index (κ3) is 7.64. The van der Waals surface area contributed by atoms with Crippen molar-refractivity contribution in [2.75, 3.05) is 26.7 Å². The first-order valence-corrected chi connectivity index (χ1v) is 8.80. The highest BCUT2D eigenvalue weighted by atomic mass is 79.9. The average Bonchev–Trinajstić information content (AvgIpc) is 3.33. The Morgan fingerprint density at radius 2 is 2.00 bits per heavy atom. The molecule has 0 aliphatic heterocycles. The first-order valence-electron chi connectivity index (χ1n) is 8.01. The van der Waals surface area contributed by atoms with Gasteiger partial charge in [0.2, 0.25) is 11.8 Å². The van der Waals surface area contributed by atoms with E-state index in [2.05, 4.69) is 26.6 Å². The minimum atomic E-state index is -0.0492. The molecule has 0 heterocycles. The average molecular weight is 419 g/mol. The largest absolute Gasteiger partial charge is 0.354 e. The van der Waals surface area contributed by atoms with Crippen LogP contribution in [0, 0.1) is 5.92 Å². The van der Waals surface area contributed by atoms with E-state index >= 15 is 0 Å².